The van der Waals surface area contributed by atoms with E-state index in [1.54, 1.807) is 0 Å². The van der Waals surface area contributed by atoms with E-state index in [1.807, 2.05) is 49.4 Å². The number of amides is 2. The Morgan fingerprint density at radius 1 is 1.00 bits per heavy atom. The van der Waals surface area contributed by atoms with Gasteiger partial charge in [0, 0.05) is 18.5 Å². The van der Waals surface area contributed by atoms with Crippen molar-refractivity contribution >= 4 is 23.2 Å². The van der Waals surface area contributed by atoms with Gasteiger partial charge in [-0.25, -0.2) is 5.43 Å². The van der Waals surface area contributed by atoms with Crippen molar-refractivity contribution in [2.45, 2.75) is 26.2 Å². The zero-order chi connectivity index (χ0) is 17.8. The second kappa shape index (κ2) is 7.30. The Morgan fingerprint density at radius 2 is 1.68 bits per heavy atom. The lowest BCUT2D eigenvalue weighted by Crippen LogP contribution is -2.21. The predicted molar refractivity (Wildman–Crippen MR) is 98.4 cm³/mol. The molecule has 0 radical (unpaired) electrons. The Hall–Kier alpha value is -2.95. The molecule has 0 saturated heterocycles. The summed E-state index contributed by atoms with van der Waals surface area (Å²) in [7, 11) is 0. The van der Waals surface area contributed by atoms with E-state index in [9.17, 15) is 9.59 Å². The van der Waals surface area contributed by atoms with Gasteiger partial charge in [-0.15, -0.1) is 0 Å². The van der Waals surface area contributed by atoms with Crippen molar-refractivity contribution in [3.05, 3.63) is 65.7 Å². The van der Waals surface area contributed by atoms with Gasteiger partial charge in [-0.3, -0.25) is 9.59 Å². The molecule has 2 aromatic rings. The van der Waals surface area contributed by atoms with Gasteiger partial charge in [-0.1, -0.05) is 42.5 Å². The van der Waals surface area contributed by atoms with Gasteiger partial charge in [0.15, 0.2) is 0 Å². The van der Waals surface area contributed by atoms with Gasteiger partial charge in [-0.05, 0) is 42.5 Å². The van der Waals surface area contributed by atoms with Crippen molar-refractivity contribution in [1.29, 1.82) is 0 Å². The fourth-order valence-electron chi connectivity index (χ4n) is 2.84. The second-order valence-corrected chi connectivity index (χ2v) is 6.29. The average molecular weight is 335 g/mol. The van der Waals surface area contributed by atoms with Crippen LogP contribution in [0.25, 0.3) is 0 Å². The monoisotopic (exact) mass is 335 g/mol. The van der Waals surface area contributed by atoms with E-state index >= 15 is 0 Å². The molecule has 2 N–H and O–H groups in total. The molecule has 3 rings (SSSR count). The molecule has 25 heavy (non-hydrogen) atoms. The quantitative estimate of drug-likeness (QED) is 0.650. The summed E-state index contributed by atoms with van der Waals surface area (Å²) in [5.41, 5.74) is 6.22. The highest BCUT2D eigenvalue weighted by atomic mass is 16.2. The van der Waals surface area contributed by atoms with E-state index in [0.29, 0.717) is 5.92 Å². The van der Waals surface area contributed by atoms with Crippen LogP contribution in [0.2, 0.25) is 0 Å². The number of anilines is 1. The minimum absolute atomic E-state index is 0.00101. The van der Waals surface area contributed by atoms with Crippen LogP contribution < -0.4 is 10.7 Å². The van der Waals surface area contributed by atoms with Crippen LogP contribution in [0.15, 0.2) is 59.7 Å². The summed E-state index contributed by atoms with van der Waals surface area (Å²) in [5.74, 6) is 0.153. The third kappa shape index (κ3) is 4.32. The van der Waals surface area contributed by atoms with Crippen molar-refractivity contribution < 1.29 is 9.59 Å². The molecule has 0 unspecified atom stereocenters. The first-order valence-electron chi connectivity index (χ1n) is 8.31. The highest BCUT2D eigenvalue weighted by molar-refractivity contribution is 6.00. The molecule has 2 amide bonds. The highest BCUT2D eigenvalue weighted by Crippen LogP contribution is 2.47. The molecule has 2 atom stereocenters. The largest absolute Gasteiger partial charge is 0.326 e. The first kappa shape index (κ1) is 16.9. The minimum atomic E-state index is -0.109. The molecule has 1 aliphatic carbocycles. The Morgan fingerprint density at radius 3 is 2.32 bits per heavy atom. The van der Waals surface area contributed by atoms with Crippen molar-refractivity contribution in [1.82, 2.24) is 5.43 Å². The Labute approximate surface area is 147 Å². The summed E-state index contributed by atoms with van der Waals surface area (Å²) in [6.07, 6.45) is 0.871. The maximum atomic E-state index is 12.2. The van der Waals surface area contributed by atoms with Gasteiger partial charge >= 0.3 is 0 Å². The molecular formula is C20H21N3O2. The van der Waals surface area contributed by atoms with Crippen molar-refractivity contribution in [3.63, 3.8) is 0 Å². The summed E-state index contributed by atoms with van der Waals surface area (Å²) in [6.45, 7) is 3.31. The molecule has 0 heterocycles. The van der Waals surface area contributed by atoms with Crippen LogP contribution in [-0.4, -0.2) is 17.5 Å². The molecule has 1 fully saturated rings. The zero-order valence-corrected chi connectivity index (χ0v) is 14.3. The predicted octanol–water partition coefficient (Wildman–Crippen LogP) is 3.29. The molecule has 5 nitrogen and oxygen atoms in total. The van der Waals surface area contributed by atoms with Crippen LogP contribution in [0.3, 0.4) is 0 Å². The first-order chi connectivity index (χ1) is 12.0. The van der Waals surface area contributed by atoms with Gasteiger partial charge in [-0.2, -0.15) is 5.10 Å². The van der Waals surface area contributed by atoms with E-state index in [-0.39, 0.29) is 17.7 Å². The smallest absolute Gasteiger partial charge is 0.243 e. The lowest BCUT2D eigenvalue weighted by Gasteiger charge is -2.05. The van der Waals surface area contributed by atoms with Gasteiger partial charge in [0.1, 0.15) is 0 Å². The fourth-order valence-corrected chi connectivity index (χ4v) is 2.84. The molecular weight excluding hydrogens is 314 g/mol. The highest BCUT2D eigenvalue weighted by Gasteiger charge is 2.43. The van der Waals surface area contributed by atoms with Crippen LogP contribution in [-0.2, 0) is 9.59 Å². The number of hydrogen-bond acceptors (Lipinski definition) is 3. The standard InChI is InChI=1S/C20H21N3O2/c1-13(15-8-10-17(11-9-15)21-14(2)24)22-23-20(25)19-12-18(19)16-6-4-3-5-7-16/h3-11,18-19H,12H2,1-2H3,(H,21,24)(H,23,25)/b22-13+/t18-,19+/m0/s1. The van der Waals surface area contributed by atoms with Crippen LogP contribution in [0.1, 0.15) is 37.3 Å². The second-order valence-electron chi connectivity index (χ2n) is 6.29. The lowest BCUT2D eigenvalue weighted by atomic mass is 10.1. The summed E-state index contributed by atoms with van der Waals surface area (Å²) in [6, 6.07) is 17.4. The van der Waals surface area contributed by atoms with E-state index in [4.69, 9.17) is 0 Å². The summed E-state index contributed by atoms with van der Waals surface area (Å²) >= 11 is 0. The maximum absolute atomic E-state index is 12.2. The van der Waals surface area contributed by atoms with E-state index in [2.05, 4.69) is 28.0 Å². The number of carbonyl (C=O) groups is 2. The van der Waals surface area contributed by atoms with Crippen molar-refractivity contribution in [2.24, 2.45) is 11.0 Å². The van der Waals surface area contributed by atoms with Crippen molar-refractivity contribution in [3.8, 4) is 0 Å². The van der Waals surface area contributed by atoms with Crippen LogP contribution in [0.5, 0.6) is 0 Å². The van der Waals surface area contributed by atoms with Gasteiger partial charge in [0.25, 0.3) is 0 Å². The minimum Gasteiger partial charge on any atom is -0.326 e. The molecule has 0 aliphatic heterocycles. The number of nitrogens with zero attached hydrogens (tertiary/aromatic N) is 1. The normalized spacial score (nSPS) is 19.2. The molecule has 128 valence electrons. The molecule has 0 bridgehead atoms. The zero-order valence-electron chi connectivity index (χ0n) is 14.3. The Kier molecular flexibility index (Phi) is 4.93. The molecule has 0 spiro atoms. The molecule has 2 aromatic carbocycles. The topological polar surface area (TPSA) is 70.6 Å². The summed E-state index contributed by atoms with van der Waals surface area (Å²) in [5, 5.41) is 6.92. The summed E-state index contributed by atoms with van der Waals surface area (Å²) < 4.78 is 0. The Bertz CT molecular complexity index is 797. The molecule has 1 aliphatic rings. The average Bonchev–Trinajstić information content (AvgIpc) is 3.41. The van der Waals surface area contributed by atoms with E-state index in [1.165, 1.54) is 12.5 Å². The summed E-state index contributed by atoms with van der Waals surface area (Å²) in [4.78, 5) is 23.3. The number of benzene rings is 2. The van der Waals surface area contributed by atoms with Gasteiger partial charge in [0.05, 0.1) is 5.71 Å². The number of carbonyl (C=O) groups excluding carboxylic acids is 2. The Balaban J connectivity index is 1.56. The lowest BCUT2D eigenvalue weighted by molar-refractivity contribution is -0.122. The fraction of sp³-hybridized carbons (Fsp3) is 0.250. The van der Waals surface area contributed by atoms with Crippen LogP contribution in [0.4, 0.5) is 5.69 Å². The van der Waals surface area contributed by atoms with Crippen LogP contribution >= 0.6 is 0 Å². The molecule has 1 saturated carbocycles. The van der Waals surface area contributed by atoms with E-state index in [0.717, 1.165) is 23.4 Å². The molecule has 5 heteroatoms. The van der Waals surface area contributed by atoms with Crippen molar-refractivity contribution in [2.75, 3.05) is 5.32 Å². The molecule has 0 aromatic heterocycles. The van der Waals surface area contributed by atoms with Crippen LogP contribution in [0, 0.1) is 5.92 Å². The SMILES string of the molecule is CC(=O)Nc1ccc(/C(C)=N/NC(=O)[C@@H]2C[C@H]2c2ccccc2)cc1. The third-order valence-electron chi connectivity index (χ3n) is 4.31. The first-order valence-corrected chi connectivity index (χ1v) is 8.31. The number of hydrazone groups is 1. The number of rotatable bonds is 5. The maximum Gasteiger partial charge on any atom is 0.243 e. The number of hydrogen-bond donors (Lipinski definition) is 2. The van der Waals surface area contributed by atoms with E-state index < -0.39 is 0 Å². The third-order valence-corrected chi connectivity index (χ3v) is 4.31. The number of nitrogens with one attached hydrogen (secondary N) is 2. The van der Waals surface area contributed by atoms with Gasteiger partial charge in [0.2, 0.25) is 11.8 Å². The van der Waals surface area contributed by atoms with Gasteiger partial charge < -0.3 is 5.32 Å².